The number of rotatable bonds is 3. The molecular formula is C28H35N2+. The summed E-state index contributed by atoms with van der Waals surface area (Å²) in [6.45, 7) is 16.2. The first kappa shape index (κ1) is 20.7. The van der Waals surface area contributed by atoms with Crippen molar-refractivity contribution in [3.8, 4) is 5.69 Å². The number of hydrogen-bond acceptors (Lipinski definition) is 0. The molecule has 0 aliphatic carbocycles. The van der Waals surface area contributed by atoms with Crippen molar-refractivity contribution in [2.24, 2.45) is 7.05 Å². The topological polar surface area (TPSA) is 8.81 Å². The van der Waals surface area contributed by atoms with Crippen molar-refractivity contribution in [1.82, 2.24) is 4.57 Å². The van der Waals surface area contributed by atoms with Gasteiger partial charge in [-0.2, -0.15) is 4.57 Å². The van der Waals surface area contributed by atoms with Crippen molar-refractivity contribution in [1.29, 1.82) is 0 Å². The zero-order chi connectivity index (χ0) is 21.8. The van der Waals surface area contributed by atoms with Gasteiger partial charge in [0, 0.05) is 16.5 Å². The maximum absolute atomic E-state index is 2.59. The van der Waals surface area contributed by atoms with Crippen LogP contribution in [0, 0.1) is 0 Å². The third-order valence-corrected chi connectivity index (χ3v) is 6.23. The van der Waals surface area contributed by atoms with Crippen LogP contribution in [-0.4, -0.2) is 4.57 Å². The van der Waals surface area contributed by atoms with Crippen LogP contribution in [0.15, 0.2) is 54.6 Å². The van der Waals surface area contributed by atoms with E-state index in [0.717, 1.165) is 0 Å². The van der Waals surface area contributed by atoms with E-state index in [0.29, 0.717) is 11.8 Å². The molecule has 0 N–H and O–H groups in total. The highest BCUT2D eigenvalue weighted by molar-refractivity contribution is 6.02. The van der Waals surface area contributed by atoms with Crippen molar-refractivity contribution in [3.05, 3.63) is 71.5 Å². The lowest BCUT2D eigenvalue weighted by Crippen LogP contribution is -2.43. The summed E-state index contributed by atoms with van der Waals surface area (Å²) < 4.78 is 4.99. The van der Waals surface area contributed by atoms with E-state index in [2.05, 4.69) is 119 Å². The van der Waals surface area contributed by atoms with Gasteiger partial charge in [0.05, 0.1) is 12.5 Å². The van der Waals surface area contributed by atoms with Gasteiger partial charge in [-0.15, -0.1) is 0 Å². The van der Waals surface area contributed by atoms with E-state index in [1.807, 2.05) is 0 Å². The molecule has 2 heteroatoms. The van der Waals surface area contributed by atoms with Crippen LogP contribution in [0.2, 0.25) is 0 Å². The molecule has 0 saturated carbocycles. The summed E-state index contributed by atoms with van der Waals surface area (Å²) in [4.78, 5) is 0. The normalized spacial score (nSPS) is 12.6. The smallest absolute Gasteiger partial charge is 0.229 e. The Morgan fingerprint density at radius 1 is 0.767 bits per heavy atom. The molecule has 0 atom stereocenters. The largest absolute Gasteiger partial charge is 0.267 e. The number of benzene rings is 3. The summed E-state index contributed by atoms with van der Waals surface area (Å²) >= 11 is 0. The van der Waals surface area contributed by atoms with E-state index in [1.165, 1.54) is 44.4 Å². The summed E-state index contributed by atoms with van der Waals surface area (Å²) in [5, 5.41) is 2.60. The van der Waals surface area contributed by atoms with E-state index in [4.69, 9.17) is 0 Å². The number of aromatic nitrogens is 2. The molecule has 0 radical (unpaired) electrons. The lowest BCUT2D eigenvalue weighted by Gasteiger charge is -2.22. The fourth-order valence-electron chi connectivity index (χ4n) is 4.95. The van der Waals surface area contributed by atoms with Crippen molar-refractivity contribution in [2.45, 2.75) is 65.7 Å². The molecular weight excluding hydrogens is 364 g/mol. The minimum atomic E-state index is -0.00673. The van der Waals surface area contributed by atoms with Crippen molar-refractivity contribution in [2.75, 3.05) is 0 Å². The summed E-state index contributed by atoms with van der Waals surface area (Å²) in [6.07, 6.45) is 0. The standard InChI is InChI=1S/C28H35N2/c1-18(2)21-14-11-15-22(19(3)4)25(21)30-26-23-13-10-9-12-20(23)16-17-24(26)29(8)27(30)28(5,6)7/h9-19H,1-8H3/q+1. The van der Waals surface area contributed by atoms with Gasteiger partial charge < -0.3 is 0 Å². The molecule has 156 valence electrons. The van der Waals surface area contributed by atoms with Gasteiger partial charge in [-0.05, 0) is 56.2 Å². The van der Waals surface area contributed by atoms with Gasteiger partial charge in [0.15, 0.2) is 11.0 Å². The number of aryl methyl sites for hydroxylation is 1. The third kappa shape index (κ3) is 3.14. The zero-order valence-electron chi connectivity index (χ0n) is 19.7. The first-order valence-electron chi connectivity index (χ1n) is 11.2. The molecule has 0 fully saturated rings. The Balaban J connectivity index is 2.32. The van der Waals surface area contributed by atoms with Crippen LogP contribution in [0.3, 0.4) is 0 Å². The first-order valence-corrected chi connectivity index (χ1v) is 11.2. The molecule has 0 aliphatic rings. The van der Waals surface area contributed by atoms with Gasteiger partial charge in [0.2, 0.25) is 0 Å². The van der Waals surface area contributed by atoms with Crippen molar-refractivity contribution >= 4 is 21.8 Å². The highest BCUT2D eigenvalue weighted by Crippen LogP contribution is 2.35. The van der Waals surface area contributed by atoms with E-state index in [9.17, 15) is 0 Å². The lowest BCUT2D eigenvalue weighted by molar-refractivity contribution is -0.582. The maximum Gasteiger partial charge on any atom is 0.267 e. The molecule has 0 saturated heterocycles. The molecule has 4 rings (SSSR count). The van der Waals surface area contributed by atoms with Gasteiger partial charge in [-0.1, -0.05) is 64.1 Å². The molecule has 0 bridgehead atoms. The van der Waals surface area contributed by atoms with Crippen LogP contribution in [0.5, 0.6) is 0 Å². The number of para-hydroxylation sites is 1. The van der Waals surface area contributed by atoms with Crippen LogP contribution in [0.4, 0.5) is 0 Å². The molecule has 0 amide bonds. The minimum Gasteiger partial charge on any atom is -0.229 e. The van der Waals surface area contributed by atoms with Gasteiger partial charge in [0.25, 0.3) is 5.82 Å². The molecule has 3 aromatic carbocycles. The van der Waals surface area contributed by atoms with Crippen LogP contribution >= 0.6 is 0 Å². The highest BCUT2D eigenvalue weighted by Gasteiger charge is 2.37. The number of imidazole rings is 1. The molecule has 30 heavy (non-hydrogen) atoms. The maximum atomic E-state index is 2.59. The Labute approximate surface area is 181 Å². The molecule has 0 spiro atoms. The summed E-state index contributed by atoms with van der Waals surface area (Å²) in [6, 6.07) is 20.2. The Hall–Kier alpha value is -2.61. The fourth-order valence-corrected chi connectivity index (χ4v) is 4.95. The highest BCUT2D eigenvalue weighted by atomic mass is 15.2. The Bertz CT molecular complexity index is 1210. The fraction of sp³-hybridized carbons (Fsp3) is 0.393. The van der Waals surface area contributed by atoms with E-state index >= 15 is 0 Å². The van der Waals surface area contributed by atoms with Gasteiger partial charge in [-0.25, -0.2) is 4.57 Å². The van der Waals surface area contributed by atoms with E-state index in [-0.39, 0.29) is 5.41 Å². The van der Waals surface area contributed by atoms with E-state index in [1.54, 1.807) is 0 Å². The number of fused-ring (bicyclic) bond motifs is 3. The predicted octanol–water partition coefficient (Wildman–Crippen LogP) is 7.15. The minimum absolute atomic E-state index is 0.00673. The monoisotopic (exact) mass is 399 g/mol. The van der Waals surface area contributed by atoms with Crippen molar-refractivity contribution < 1.29 is 4.57 Å². The average Bonchev–Trinajstić information content (AvgIpc) is 3.00. The SMILES string of the molecule is CC(C)c1cccc(C(C)C)c1-[n+]1c(C(C)(C)C)n(C)c2ccc3ccccc3c21. The summed E-state index contributed by atoms with van der Waals surface area (Å²) in [7, 11) is 2.22. The molecule has 1 aromatic heterocycles. The lowest BCUT2D eigenvalue weighted by atomic mass is 9.90. The molecule has 4 aromatic rings. The Morgan fingerprint density at radius 2 is 1.37 bits per heavy atom. The van der Waals surface area contributed by atoms with Crippen LogP contribution in [0.25, 0.3) is 27.5 Å². The second-order valence-corrected chi connectivity index (χ2v) is 10.2. The van der Waals surface area contributed by atoms with Crippen LogP contribution in [-0.2, 0) is 12.5 Å². The predicted molar refractivity (Wildman–Crippen MR) is 129 cm³/mol. The van der Waals surface area contributed by atoms with E-state index < -0.39 is 0 Å². The van der Waals surface area contributed by atoms with Gasteiger partial charge >= 0.3 is 0 Å². The second-order valence-electron chi connectivity index (χ2n) is 10.2. The quantitative estimate of drug-likeness (QED) is 0.323. The second kappa shape index (κ2) is 7.27. The Kier molecular flexibility index (Phi) is 5.00. The number of hydrogen-bond donors (Lipinski definition) is 0. The van der Waals surface area contributed by atoms with Crippen molar-refractivity contribution in [3.63, 3.8) is 0 Å². The third-order valence-electron chi connectivity index (χ3n) is 6.23. The Morgan fingerprint density at radius 3 is 1.93 bits per heavy atom. The summed E-state index contributed by atoms with van der Waals surface area (Å²) in [5.41, 5.74) is 6.79. The van der Waals surface area contributed by atoms with Gasteiger partial charge in [-0.3, -0.25) is 0 Å². The average molecular weight is 400 g/mol. The number of nitrogens with zero attached hydrogens (tertiary/aromatic N) is 2. The summed E-state index contributed by atoms with van der Waals surface area (Å²) in [5.74, 6) is 2.23. The molecule has 2 nitrogen and oxygen atoms in total. The molecule has 1 heterocycles. The molecule has 0 unspecified atom stereocenters. The zero-order valence-corrected chi connectivity index (χ0v) is 19.7. The van der Waals surface area contributed by atoms with Crippen LogP contribution < -0.4 is 4.57 Å². The van der Waals surface area contributed by atoms with Gasteiger partial charge in [0.1, 0.15) is 5.69 Å². The van der Waals surface area contributed by atoms with Crippen LogP contribution in [0.1, 0.15) is 77.3 Å². The first-order chi connectivity index (χ1) is 14.1. The molecule has 0 aliphatic heterocycles.